The van der Waals surface area contributed by atoms with Crippen molar-refractivity contribution in [3.05, 3.63) is 42.4 Å². The Balaban J connectivity index is 1.71. The molecule has 2 aromatic heterocycles. The van der Waals surface area contributed by atoms with E-state index in [0.29, 0.717) is 48.0 Å². The van der Waals surface area contributed by atoms with Crippen LogP contribution in [-0.4, -0.2) is 41.9 Å². The van der Waals surface area contributed by atoms with Crippen molar-refractivity contribution in [2.45, 2.75) is 13.5 Å². The number of furan rings is 1. The molecule has 9 heteroatoms. The highest BCUT2D eigenvalue weighted by Crippen LogP contribution is 2.29. The summed E-state index contributed by atoms with van der Waals surface area (Å²) >= 11 is 0. The van der Waals surface area contributed by atoms with Gasteiger partial charge in [-0.05, 0) is 31.2 Å². The molecule has 0 unspecified atom stereocenters. The average molecular weight is 370 g/mol. The molecule has 9 nitrogen and oxygen atoms in total. The van der Waals surface area contributed by atoms with Gasteiger partial charge in [-0.1, -0.05) is 0 Å². The van der Waals surface area contributed by atoms with E-state index < -0.39 is 0 Å². The van der Waals surface area contributed by atoms with Gasteiger partial charge in [0.05, 0.1) is 20.5 Å². The third-order valence-electron chi connectivity index (χ3n) is 3.65. The standard InChI is InChI=1S/C18H22N6O3/c1-4-19-18(21-12-7-8-13(25-2)15(10-12)26-3)20-11-16-22-17(24-23-16)14-6-5-9-27-14/h5-10H,4,11H2,1-3H3,(H2,19,20,21)(H,22,23,24). The minimum atomic E-state index is 0.330. The number of anilines is 1. The first-order valence-corrected chi connectivity index (χ1v) is 8.46. The van der Waals surface area contributed by atoms with E-state index in [-0.39, 0.29) is 0 Å². The minimum Gasteiger partial charge on any atom is -0.493 e. The van der Waals surface area contributed by atoms with Gasteiger partial charge in [-0.2, -0.15) is 0 Å². The third-order valence-corrected chi connectivity index (χ3v) is 3.65. The maximum atomic E-state index is 5.33. The molecular formula is C18H22N6O3. The van der Waals surface area contributed by atoms with Crippen molar-refractivity contribution < 1.29 is 13.9 Å². The van der Waals surface area contributed by atoms with Gasteiger partial charge >= 0.3 is 0 Å². The second kappa shape index (κ2) is 8.75. The van der Waals surface area contributed by atoms with E-state index in [2.05, 4.69) is 30.8 Å². The molecular weight excluding hydrogens is 348 g/mol. The van der Waals surface area contributed by atoms with Gasteiger partial charge in [0, 0.05) is 18.3 Å². The van der Waals surface area contributed by atoms with Gasteiger partial charge in [0.15, 0.2) is 23.2 Å². The maximum absolute atomic E-state index is 5.33. The predicted molar refractivity (Wildman–Crippen MR) is 102 cm³/mol. The number of ether oxygens (including phenoxy) is 2. The lowest BCUT2D eigenvalue weighted by molar-refractivity contribution is 0.355. The summed E-state index contributed by atoms with van der Waals surface area (Å²) in [7, 11) is 3.20. The fourth-order valence-electron chi connectivity index (χ4n) is 2.39. The van der Waals surface area contributed by atoms with E-state index >= 15 is 0 Å². The molecule has 0 aliphatic heterocycles. The summed E-state index contributed by atoms with van der Waals surface area (Å²) in [6, 6.07) is 9.16. The fourth-order valence-corrected chi connectivity index (χ4v) is 2.39. The fraction of sp³-hybridized carbons (Fsp3) is 0.278. The number of H-pyrrole nitrogens is 1. The Hall–Kier alpha value is -3.49. The molecule has 0 aliphatic carbocycles. The zero-order valence-corrected chi connectivity index (χ0v) is 15.4. The number of methoxy groups -OCH3 is 2. The van der Waals surface area contributed by atoms with E-state index in [4.69, 9.17) is 13.9 Å². The summed E-state index contributed by atoms with van der Waals surface area (Å²) in [5.74, 6) is 3.65. The molecule has 0 spiro atoms. The molecule has 0 atom stereocenters. The monoisotopic (exact) mass is 370 g/mol. The van der Waals surface area contributed by atoms with Crippen LogP contribution in [0.3, 0.4) is 0 Å². The van der Waals surface area contributed by atoms with Gasteiger partial charge in [-0.25, -0.2) is 9.98 Å². The maximum Gasteiger partial charge on any atom is 0.216 e. The number of guanidine groups is 1. The number of aliphatic imine (C=N–C) groups is 1. The highest BCUT2D eigenvalue weighted by atomic mass is 16.5. The lowest BCUT2D eigenvalue weighted by Gasteiger charge is -2.13. The molecule has 1 aromatic carbocycles. The molecule has 0 fully saturated rings. The molecule has 0 amide bonds. The largest absolute Gasteiger partial charge is 0.493 e. The summed E-state index contributed by atoms with van der Waals surface area (Å²) < 4.78 is 15.9. The molecule has 0 saturated heterocycles. The highest BCUT2D eigenvalue weighted by Gasteiger charge is 2.09. The van der Waals surface area contributed by atoms with Crippen molar-refractivity contribution in [1.29, 1.82) is 0 Å². The Morgan fingerprint density at radius 2 is 2.07 bits per heavy atom. The van der Waals surface area contributed by atoms with Crippen molar-refractivity contribution in [2.75, 3.05) is 26.1 Å². The van der Waals surface area contributed by atoms with Crippen LogP contribution in [0, 0.1) is 0 Å². The molecule has 0 bridgehead atoms. The van der Waals surface area contributed by atoms with Crippen LogP contribution in [-0.2, 0) is 6.54 Å². The lowest BCUT2D eigenvalue weighted by atomic mass is 10.3. The number of hydrogen-bond donors (Lipinski definition) is 3. The number of benzene rings is 1. The summed E-state index contributed by atoms with van der Waals surface area (Å²) in [4.78, 5) is 8.91. The first-order valence-electron chi connectivity index (χ1n) is 8.46. The van der Waals surface area contributed by atoms with Gasteiger partial charge in [-0.3, -0.25) is 5.10 Å². The molecule has 27 heavy (non-hydrogen) atoms. The minimum absolute atomic E-state index is 0.330. The number of aromatic nitrogens is 3. The Labute approximate surface area is 156 Å². The molecule has 2 heterocycles. The summed E-state index contributed by atoms with van der Waals surface area (Å²) in [5.41, 5.74) is 0.821. The van der Waals surface area contributed by atoms with Crippen molar-refractivity contribution in [2.24, 2.45) is 4.99 Å². The molecule has 3 N–H and O–H groups in total. The van der Waals surface area contributed by atoms with Crippen LogP contribution in [0.4, 0.5) is 5.69 Å². The van der Waals surface area contributed by atoms with E-state index in [1.165, 1.54) is 0 Å². The molecule has 0 aliphatic rings. The average Bonchev–Trinajstić information content (AvgIpc) is 3.37. The SMILES string of the molecule is CCNC(=NCc1nc(-c2ccco2)n[nH]1)Nc1ccc(OC)c(OC)c1. The normalized spacial score (nSPS) is 11.3. The van der Waals surface area contributed by atoms with Crippen LogP contribution in [0.15, 0.2) is 46.0 Å². The Morgan fingerprint density at radius 3 is 2.78 bits per heavy atom. The number of aromatic amines is 1. The van der Waals surface area contributed by atoms with Crippen LogP contribution < -0.4 is 20.1 Å². The topological polar surface area (TPSA) is 110 Å². The van der Waals surface area contributed by atoms with Gasteiger partial charge in [-0.15, -0.1) is 5.10 Å². The second-order valence-corrected chi connectivity index (χ2v) is 5.47. The van der Waals surface area contributed by atoms with Crippen LogP contribution >= 0.6 is 0 Å². The van der Waals surface area contributed by atoms with Gasteiger partial charge < -0.3 is 24.5 Å². The number of nitrogens with zero attached hydrogens (tertiary/aromatic N) is 3. The van der Waals surface area contributed by atoms with Gasteiger partial charge in [0.2, 0.25) is 5.82 Å². The van der Waals surface area contributed by atoms with Crippen LogP contribution in [0.25, 0.3) is 11.6 Å². The number of nitrogens with one attached hydrogen (secondary N) is 3. The van der Waals surface area contributed by atoms with E-state index in [1.54, 1.807) is 32.6 Å². The van der Waals surface area contributed by atoms with Gasteiger partial charge in [0.1, 0.15) is 12.4 Å². The molecule has 0 saturated carbocycles. The van der Waals surface area contributed by atoms with Crippen molar-refractivity contribution in [3.8, 4) is 23.1 Å². The lowest BCUT2D eigenvalue weighted by Crippen LogP contribution is -2.30. The first kappa shape index (κ1) is 18.3. The van der Waals surface area contributed by atoms with Crippen molar-refractivity contribution in [3.63, 3.8) is 0 Å². The van der Waals surface area contributed by atoms with Crippen LogP contribution in [0.5, 0.6) is 11.5 Å². The van der Waals surface area contributed by atoms with Gasteiger partial charge in [0.25, 0.3) is 0 Å². The smallest absolute Gasteiger partial charge is 0.216 e. The summed E-state index contributed by atoms with van der Waals surface area (Å²) in [6.45, 7) is 3.04. The molecule has 3 rings (SSSR count). The van der Waals surface area contributed by atoms with E-state index in [0.717, 1.165) is 5.69 Å². The summed E-state index contributed by atoms with van der Waals surface area (Å²) in [6.07, 6.45) is 1.58. The zero-order valence-electron chi connectivity index (χ0n) is 15.4. The van der Waals surface area contributed by atoms with Crippen LogP contribution in [0.2, 0.25) is 0 Å². The first-order chi connectivity index (χ1) is 13.2. The Morgan fingerprint density at radius 1 is 1.22 bits per heavy atom. The van der Waals surface area contributed by atoms with E-state index in [1.807, 2.05) is 25.1 Å². The van der Waals surface area contributed by atoms with Crippen molar-refractivity contribution in [1.82, 2.24) is 20.5 Å². The number of hydrogen-bond acceptors (Lipinski definition) is 6. The second-order valence-electron chi connectivity index (χ2n) is 5.47. The Bertz CT molecular complexity index is 888. The summed E-state index contributed by atoms with van der Waals surface area (Å²) in [5, 5.41) is 13.4. The van der Waals surface area contributed by atoms with E-state index in [9.17, 15) is 0 Å². The Kier molecular flexibility index (Phi) is 5.93. The van der Waals surface area contributed by atoms with Crippen molar-refractivity contribution >= 4 is 11.6 Å². The highest BCUT2D eigenvalue weighted by molar-refractivity contribution is 5.93. The quantitative estimate of drug-likeness (QED) is 0.433. The zero-order chi connectivity index (χ0) is 19.1. The number of rotatable bonds is 7. The molecule has 3 aromatic rings. The third kappa shape index (κ3) is 4.57. The molecule has 142 valence electrons. The van der Waals surface area contributed by atoms with Crippen LogP contribution in [0.1, 0.15) is 12.7 Å². The molecule has 0 radical (unpaired) electrons. The predicted octanol–water partition coefficient (Wildman–Crippen LogP) is 2.66.